The molecule has 1 N–H and O–H groups in total. The van der Waals surface area contributed by atoms with Crippen LogP contribution in [0.25, 0.3) is 0 Å². The lowest BCUT2D eigenvalue weighted by Crippen LogP contribution is -2.41. The smallest absolute Gasteiger partial charge is 0.141 e. The van der Waals surface area contributed by atoms with Gasteiger partial charge in [0.2, 0.25) is 0 Å². The Bertz CT molecular complexity index is 442. The minimum absolute atomic E-state index is 0.109. The van der Waals surface area contributed by atoms with Gasteiger partial charge in [0.05, 0.1) is 23.5 Å². The summed E-state index contributed by atoms with van der Waals surface area (Å²) in [7, 11) is 1.96. The fraction of sp³-hybridized carbons (Fsp3) is 0.688. The highest BCUT2D eigenvalue weighted by Gasteiger charge is 2.42. The summed E-state index contributed by atoms with van der Waals surface area (Å²) in [5, 5.41) is 3.37. The summed E-state index contributed by atoms with van der Waals surface area (Å²) in [5.41, 5.74) is 1.05. The Labute approximate surface area is 119 Å². The molecule has 2 unspecified atom stereocenters. The number of nitrogens with zero attached hydrogens (tertiary/aromatic N) is 1. The molecule has 1 spiro atoms. The van der Waals surface area contributed by atoms with Gasteiger partial charge in [-0.15, -0.1) is 0 Å². The fourth-order valence-electron chi connectivity index (χ4n) is 3.91. The van der Waals surface area contributed by atoms with E-state index in [0.717, 1.165) is 25.1 Å². The first-order valence-corrected chi connectivity index (χ1v) is 7.65. The molecule has 0 radical (unpaired) electrons. The quantitative estimate of drug-likeness (QED) is 0.922. The van der Waals surface area contributed by atoms with Crippen molar-refractivity contribution in [3.8, 4) is 0 Å². The summed E-state index contributed by atoms with van der Waals surface area (Å²) >= 11 is 0. The lowest BCUT2D eigenvalue weighted by molar-refractivity contribution is -0.0980. The van der Waals surface area contributed by atoms with E-state index in [-0.39, 0.29) is 17.5 Å². The molecule has 2 heterocycles. The maximum absolute atomic E-state index is 13.0. The van der Waals surface area contributed by atoms with Gasteiger partial charge in [-0.25, -0.2) is 4.39 Å². The SMILES string of the molecule is CNC(c1ccc(F)cn1)C1CCOC2(CCCC2)C1. The van der Waals surface area contributed by atoms with Crippen molar-refractivity contribution in [2.45, 2.75) is 50.2 Å². The fourth-order valence-corrected chi connectivity index (χ4v) is 3.91. The molecule has 2 fully saturated rings. The third-order valence-electron chi connectivity index (χ3n) is 4.90. The summed E-state index contributed by atoms with van der Waals surface area (Å²) < 4.78 is 19.1. The molecule has 3 nitrogen and oxygen atoms in total. The summed E-state index contributed by atoms with van der Waals surface area (Å²) in [5.74, 6) is 0.243. The number of hydrogen-bond donors (Lipinski definition) is 1. The van der Waals surface area contributed by atoms with E-state index in [2.05, 4.69) is 10.3 Å². The maximum atomic E-state index is 13.0. The Balaban J connectivity index is 1.76. The van der Waals surface area contributed by atoms with Crippen LogP contribution in [0.5, 0.6) is 0 Å². The number of halogens is 1. The number of rotatable bonds is 3. The summed E-state index contributed by atoms with van der Waals surface area (Å²) in [6.45, 7) is 0.837. The van der Waals surface area contributed by atoms with Gasteiger partial charge in [-0.2, -0.15) is 0 Å². The van der Waals surface area contributed by atoms with Gasteiger partial charge in [0.1, 0.15) is 5.82 Å². The molecule has 4 heteroatoms. The molecule has 0 amide bonds. The van der Waals surface area contributed by atoms with Crippen molar-refractivity contribution < 1.29 is 9.13 Å². The molecule has 2 aliphatic rings. The van der Waals surface area contributed by atoms with E-state index < -0.39 is 0 Å². The van der Waals surface area contributed by atoms with Crippen LogP contribution in [-0.4, -0.2) is 24.2 Å². The second kappa shape index (κ2) is 5.78. The van der Waals surface area contributed by atoms with E-state index >= 15 is 0 Å². The van der Waals surface area contributed by atoms with Crippen molar-refractivity contribution in [2.24, 2.45) is 5.92 Å². The second-order valence-electron chi connectivity index (χ2n) is 6.16. The summed E-state index contributed by atoms with van der Waals surface area (Å²) in [4.78, 5) is 4.26. The van der Waals surface area contributed by atoms with E-state index in [4.69, 9.17) is 4.74 Å². The highest BCUT2D eigenvalue weighted by Crippen LogP contribution is 2.45. The predicted molar refractivity (Wildman–Crippen MR) is 75.9 cm³/mol. The van der Waals surface area contributed by atoms with Gasteiger partial charge in [-0.05, 0) is 50.8 Å². The molecule has 1 aromatic rings. The first-order valence-electron chi connectivity index (χ1n) is 7.65. The Kier molecular flexibility index (Phi) is 4.03. The lowest BCUT2D eigenvalue weighted by atomic mass is 9.79. The van der Waals surface area contributed by atoms with E-state index in [9.17, 15) is 4.39 Å². The Morgan fingerprint density at radius 3 is 2.85 bits per heavy atom. The summed E-state index contributed by atoms with van der Waals surface area (Å²) in [6, 6.07) is 3.49. The van der Waals surface area contributed by atoms with Gasteiger partial charge in [0.15, 0.2) is 0 Å². The van der Waals surface area contributed by atoms with Crippen LogP contribution in [0.15, 0.2) is 18.3 Å². The predicted octanol–water partition coefficient (Wildman–Crippen LogP) is 3.22. The standard InChI is InChI=1S/C16H23FN2O/c1-18-15(14-5-4-13(17)11-19-14)12-6-9-20-16(10-12)7-2-3-8-16/h4-5,11-12,15,18H,2-3,6-10H2,1H3. The Morgan fingerprint density at radius 2 is 2.20 bits per heavy atom. The molecule has 0 aromatic carbocycles. The van der Waals surface area contributed by atoms with E-state index in [0.29, 0.717) is 5.92 Å². The first kappa shape index (κ1) is 14.0. The average Bonchev–Trinajstić information content (AvgIpc) is 2.90. The van der Waals surface area contributed by atoms with E-state index in [1.165, 1.54) is 37.9 Å². The molecule has 2 atom stereocenters. The molecule has 1 aliphatic carbocycles. The average molecular weight is 278 g/mol. The molecule has 3 rings (SSSR count). The van der Waals surface area contributed by atoms with Crippen LogP contribution >= 0.6 is 0 Å². The van der Waals surface area contributed by atoms with Gasteiger partial charge in [-0.1, -0.05) is 12.8 Å². The van der Waals surface area contributed by atoms with Gasteiger partial charge >= 0.3 is 0 Å². The molecular formula is C16H23FN2O. The number of hydrogen-bond acceptors (Lipinski definition) is 3. The second-order valence-corrected chi connectivity index (χ2v) is 6.16. The van der Waals surface area contributed by atoms with E-state index in [1.807, 2.05) is 7.05 Å². The van der Waals surface area contributed by atoms with Crippen molar-refractivity contribution in [1.29, 1.82) is 0 Å². The van der Waals surface area contributed by atoms with Gasteiger partial charge in [0.25, 0.3) is 0 Å². The van der Waals surface area contributed by atoms with Crippen LogP contribution in [0.1, 0.15) is 50.3 Å². The van der Waals surface area contributed by atoms with Gasteiger partial charge in [-0.3, -0.25) is 4.98 Å². The monoisotopic (exact) mass is 278 g/mol. The minimum atomic E-state index is -0.275. The van der Waals surface area contributed by atoms with E-state index in [1.54, 1.807) is 6.07 Å². The molecule has 1 saturated heterocycles. The number of ether oxygens (including phenoxy) is 1. The number of aromatic nitrogens is 1. The molecule has 20 heavy (non-hydrogen) atoms. The summed E-state index contributed by atoms with van der Waals surface area (Å²) in [6.07, 6.45) is 8.40. The van der Waals surface area contributed by atoms with Crippen LogP contribution < -0.4 is 5.32 Å². The molecule has 110 valence electrons. The third kappa shape index (κ3) is 2.72. The molecular weight excluding hydrogens is 255 g/mol. The lowest BCUT2D eigenvalue weighted by Gasteiger charge is -2.41. The van der Waals surface area contributed by atoms with Crippen LogP contribution in [0.3, 0.4) is 0 Å². The molecule has 1 saturated carbocycles. The number of pyridine rings is 1. The van der Waals surface area contributed by atoms with Crippen LogP contribution in [0.4, 0.5) is 4.39 Å². The zero-order chi connectivity index (χ0) is 14.0. The third-order valence-corrected chi connectivity index (χ3v) is 4.90. The van der Waals surface area contributed by atoms with Crippen molar-refractivity contribution in [1.82, 2.24) is 10.3 Å². The zero-order valence-electron chi connectivity index (χ0n) is 12.1. The van der Waals surface area contributed by atoms with Crippen molar-refractivity contribution in [2.75, 3.05) is 13.7 Å². The zero-order valence-corrected chi connectivity index (χ0v) is 12.1. The van der Waals surface area contributed by atoms with Crippen molar-refractivity contribution in [3.05, 3.63) is 29.8 Å². The highest BCUT2D eigenvalue weighted by atomic mass is 19.1. The van der Waals surface area contributed by atoms with Crippen molar-refractivity contribution in [3.63, 3.8) is 0 Å². The topological polar surface area (TPSA) is 34.2 Å². The molecule has 0 bridgehead atoms. The minimum Gasteiger partial charge on any atom is -0.375 e. The van der Waals surface area contributed by atoms with Gasteiger partial charge in [0, 0.05) is 6.61 Å². The normalized spacial score (nSPS) is 26.8. The van der Waals surface area contributed by atoms with Crippen LogP contribution in [0.2, 0.25) is 0 Å². The van der Waals surface area contributed by atoms with Crippen molar-refractivity contribution >= 4 is 0 Å². The largest absolute Gasteiger partial charge is 0.375 e. The Hall–Kier alpha value is -1.00. The van der Waals surface area contributed by atoms with Crippen LogP contribution in [-0.2, 0) is 4.74 Å². The molecule has 1 aliphatic heterocycles. The first-order chi connectivity index (χ1) is 9.72. The van der Waals surface area contributed by atoms with Gasteiger partial charge < -0.3 is 10.1 Å². The highest BCUT2D eigenvalue weighted by molar-refractivity contribution is 5.12. The Morgan fingerprint density at radius 1 is 1.40 bits per heavy atom. The molecule has 1 aromatic heterocycles. The van der Waals surface area contributed by atoms with Crippen LogP contribution in [0, 0.1) is 11.7 Å². The number of nitrogens with one attached hydrogen (secondary N) is 1. The maximum Gasteiger partial charge on any atom is 0.141 e.